The zero-order chi connectivity index (χ0) is 18.0. The summed E-state index contributed by atoms with van der Waals surface area (Å²) >= 11 is 0. The number of nitrogens with one attached hydrogen (secondary N) is 2. The molecule has 0 radical (unpaired) electrons. The lowest BCUT2D eigenvalue weighted by molar-refractivity contribution is -0.0390. The van der Waals surface area contributed by atoms with E-state index in [1.54, 1.807) is 0 Å². The number of hydrogen-bond acceptors (Lipinski definition) is 3. The van der Waals surface area contributed by atoms with E-state index in [9.17, 15) is 0 Å². The highest BCUT2D eigenvalue weighted by Gasteiger charge is 2.15. The maximum Gasteiger partial charge on any atom is 0.191 e. The van der Waals surface area contributed by atoms with Crippen molar-refractivity contribution >= 4 is 5.96 Å². The van der Waals surface area contributed by atoms with E-state index >= 15 is 0 Å². The Labute approximate surface area is 157 Å². The number of hydrogen-bond donors (Lipinski definition) is 2. The van der Waals surface area contributed by atoms with Crippen LogP contribution in [-0.4, -0.2) is 38.4 Å². The highest BCUT2D eigenvalue weighted by Crippen LogP contribution is 2.17. The van der Waals surface area contributed by atoms with E-state index < -0.39 is 0 Å². The van der Waals surface area contributed by atoms with Crippen molar-refractivity contribution in [1.82, 2.24) is 10.6 Å². The number of aliphatic imine (C=N–C) groups is 1. The molecule has 5 heteroatoms. The Bertz CT molecular complexity index is 547. The fourth-order valence-electron chi connectivity index (χ4n) is 3.63. The first kappa shape index (κ1) is 19.2. The molecule has 2 fully saturated rings. The molecule has 2 N–H and O–H groups in total. The summed E-state index contributed by atoms with van der Waals surface area (Å²) in [4.78, 5) is 4.36. The zero-order valence-electron chi connectivity index (χ0n) is 16.0. The minimum absolute atomic E-state index is 0.347. The average molecular weight is 360 g/mol. The van der Waals surface area contributed by atoms with E-state index in [0.29, 0.717) is 18.8 Å². The van der Waals surface area contributed by atoms with Gasteiger partial charge in [-0.15, -0.1) is 0 Å². The molecule has 0 amide bonds. The molecule has 5 nitrogen and oxygen atoms in total. The second-order valence-electron chi connectivity index (χ2n) is 7.34. The predicted molar refractivity (Wildman–Crippen MR) is 105 cm³/mol. The molecular weight excluding hydrogens is 326 g/mol. The number of benzene rings is 1. The number of guanidine groups is 1. The van der Waals surface area contributed by atoms with Gasteiger partial charge < -0.3 is 20.1 Å². The largest absolute Gasteiger partial charge is 0.381 e. The van der Waals surface area contributed by atoms with E-state index in [0.717, 1.165) is 38.6 Å². The standard InChI is InChI=1S/C21H33N3O2/c1-22-21(24-19-5-3-2-4-6-19)23-15-17-7-9-18(10-8-17)16-26-20-11-13-25-14-12-20/h7-10,19-20H,2-6,11-16H2,1H3,(H2,22,23,24). The van der Waals surface area contributed by atoms with Crippen molar-refractivity contribution in [1.29, 1.82) is 0 Å². The third-order valence-electron chi connectivity index (χ3n) is 5.31. The van der Waals surface area contributed by atoms with E-state index in [2.05, 4.69) is 39.9 Å². The molecule has 1 aliphatic carbocycles. The first-order valence-electron chi connectivity index (χ1n) is 10.1. The summed E-state index contributed by atoms with van der Waals surface area (Å²) < 4.78 is 11.4. The second-order valence-corrected chi connectivity index (χ2v) is 7.34. The van der Waals surface area contributed by atoms with Gasteiger partial charge in [-0.1, -0.05) is 43.5 Å². The molecule has 144 valence electrons. The van der Waals surface area contributed by atoms with Crippen LogP contribution in [0.1, 0.15) is 56.1 Å². The number of ether oxygens (including phenoxy) is 2. The molecule has 0 atom stereocenters. The van der Waals surface area contributed by atoms with Crippen molar-refractivity contribution in [3.63, 3.8) is 0 Å². The van der Waals surface area contributed by atoms with Crippen LogP contribution in [0.3, 0.4) is 0 Å². The molecule has 1 saturated heterocycles. The van der Waals surface area contributed by atoms with Crippen molar-refractivity contribution in [3.8, 4) is 0 Å². The Morgan fingerprint density at radius 1 is 1.04 bits per heavy atom. The van der Waals surface area contributed by atoms with Gasteiger partial charge in [0.25, 0.3) is 0 Å². The summed E-state index contributed by atoms with van der Waals surface area (Å²) in [6.45, 7) is 3.12. The SMILES string of the molecule is CN=C(NCc1ccc(COC2CCOCC2)cc1)NC1CCCCC1. The van der Waals surface area contributed by atoms with Gasteiger partial charge in [0, 0.05) is 32.8 Å². The third kappa shape index (κ3) is 6.29. The van der Waals surface area contributed by atoms with E-state index in [1.807, 2.05) is 7.05 Å². The van der Waals surface area contributed by atoms with Crippen LogP contribution in [0.25, 0.3) is 0 Å². The molecule has 26 heavy (non-hydrogen) atoms. The molecule has 1 aliphatic heterocycles. The van der Waals surface area contributed by atoms with Crippen molar-refractivity contribution in [2.24, 2.45) is 4.99 Å². The summed E-state index contributed by atoms with van der Waals surface area (Å²) in [6, 6.07) is 9.23. The lowest BCUT2D eigenvalue weighted by Gasteiger charge is -2.25. The van der Waals surface area contributed by atoms with E-state index in [1.165, 1.54) is 43.2 Å². The molecule has 3 rings (SSSR count). The predicted octanol–water partition coefficient (Wildman–Crippen LogP) is 3.38. The summed E-state index contributed by atoms with van der Waals surface area (Å²) in [5, 5.41) is 6.98. The Hall–Kier alpha value is -1.59. The van der Waals surface area contributed by atoms with Crippen LogP contribution in [-0.2, 0) is 22.6 Å². The van der Waals surface area contributed by atoms with Gasteiger partial charge in [0.15, 0.2) is 5.96 Å². The van der Waals surface area contributed by atoms with Crippen LogP contribution in [0.5, 0.6) is 0 Å². The molecule has 0 unspecified atom stereocenters. The fraction of sp³-hybridized carbons (Fsp3) is 0.667. The van der Waals surface area contributed by atoms with Gasteiger partial charge in [-0.3, -0.25) is 4.99 Å². The highest BCUT2D eigenvalue weighted by atomic mass is 16.5. The minimum Gasteiger partial charge on any atom is -0.381 e. The quantitative estimate of drug-likeness (QED) is 0.604. The maximum absolute atomic E-state index is 5.98. The lowest BCUT2D eigenvalue weighted by atomic mass is 9.96. The van der Waals surface area contributed by atoms with Crippen LogP contribution in [0.4, 0.5) is 0 Å². The molecule has 0 bridgehead atoms. The van der Waals surface area contributed by atoms with Crippen molar-refractivity contribution in [3.05, 3.63) is 35.4 Å². The van der Waals surface area contributed by atoms with Crippen LogP contribution >= 0.6 is 0 Å². The molecule has 0 spiro atoms. The maximum atomic E-state index is 5.98. The topological polar surface area (TPSA) is 54.9 Å². The fourth-order valence-corrected chi connectivity index (χ4v) is 3.63. The molecule has 2 aliphatic rings. The van der Waals surface area contributed by atoms with Gasteiger partial charge in [0.1, 0.15) is 0 Å². The zero-order valence-corrected chi connectivity index (χ0v) is 16.0. The number of nitrogens with zero attached hydrogens (tertiary/aromatic N) is 1. The first-order valence-corrected chi connectivity index (χ1v) is 10.1. The van der Waals surface area contributed by atoms with Crippen LogP contribution in [0, 0.1) is 0 Å². The van der Waals surface area contributed by atoms with E-state index in [4.69, 9.17) is 9.47 Å². The van der Waals surface area contributed by atoms with Crippen LogP contribution < -0.4 is 10.6 Å². The van der Waals surface area contributed by atoms with Crippen molar-refractivity contribution < 1.29 is 9.47 Å². The van der Waals surface area contributed by atoms with E-state index in [-0.39, 0.29) is 0 Å². The van der Waals surface area contributed by atoms with Crippen LogP contribution in [0.15, 0.2) is 29.3 Å². The van der Waals surface area contributed by atoms with Gasteiger partial charge >= 0.3 is 0 Å². The van der Waals surface area contributed by atoms with Gasteiger partial charge in [0.2, 0.25) is 0 Å². The smallest absolute Gasteiger partial charge is 0.191 e. The Kier molecular flexibility index (Phi) is 7.77. The van der Waals surface area contributed by atoms with Gasteiger partial charge in [0.05, 0.1) is 12.7 Å². The summed E-state index contributed by atoms with van der Waals surface area (Å²) in [7, 11) is 1.84. The lowest BCUT2D eigenvalue weighted by Crippen LogP contribution is -2.43. The monoisotopic (exact) mass is 359 g/mol. The molecule has 0 aromatic heterocycles. The Morgan fingerprint density at radius 2 is 1.73 bits per heavy atom. The molecule has 1 aromatic rings. The van der Waals surface area contributed by atoms with Crippen molar-refractivity contribution in [2.45, 2.75) is 70.2 Å². The van der Waals surface area contributed by atoms with Crippen molar-refractivity contribution in [2.75, 3.05) is 20.3 Å². The van der Waals surface area contributed by atoms with Gasteiger partial charge in [-0.2, -0.15) is 0 Å². The van der Waals surface area contributed by atoms with Gasteiger partial charge in [-0.05, 0) is 36.8 Å². The van der Waals surface area contributed by atoms with Crippen LogP contribution in [0.2, 0.25) is 0 Å². The highest BCUT2D eigenvalue weighted by molar-refractivity contribution is 5.79. The van der Waals surface area contributed by atoms with Gasteiger partial charge in [-0.25, -0.2) is 0 Å². The normalized spacial score (nSPS) is 20.1. The first-order chi connectivity index (χ1) is 12.8. The minimum atomic E-state index is 0.347. The molecule has 1 aromatic carbocycles. The number of rotatable bonds is 6. The Morgan fingerprint density at radius 3 is 2.42 bits per heavy atom. The molecule has 1 saturated carbocycles. The third-order valence-corrected chi connectivity index (χ3v) is 5.31. The summed E-state index contributed by atoms with van der Waals surface area (Å²) in [5.41, 5.74) is 2.48. The summed E-state index contributed by atoms with van der Waals surface area (Å²) in [6.07, 6.45) is 8.89. The second kappa shape index (κ2) is 10.5. The molecule has 1 heterocycles. The summed E-state index contributed by atoms with van der Waals surface area (Å²) in [5.74, 6) is 0.906. The Balaban J connectivity index is 1.40. The average Bonchev–Trinajstić information content (AvgIpc) is 2.72. The molecular formula is C21H33N3O2.